The number of fused-ring (bicyclic) bond motifs is 3. The number of anilines is 5. The summed E-state index contributed by atoms with van der Waals surface area (Å²) in [5, 5.41) is 59.2. The number of H-pyrrole nitrogens is 1. The SMILES string of the molecule is CC(C)(C)Nc1cc(Br)c2sc(-c3ccnn3C3CCCCO3)cc2n1.CC1(O)CC(N)C1.CC1(O)CC(Nc2cc(N)nc3cc(-c4ccn[nH]4)sc23)C1.CC1(O)CC(Nc2cc(NC(C)(C)C)nc3cc(-c4ccnn4C4CCCCO4)sc23)C1.Cl. The van der Waals surface area contributed by atoms with Crippen LogP contribution in [0.3, 0.4) is 0 Å². The number of ether oxygens (including phenoxy) is 2. The summed E-state index contributed by atoms with van der Waals surface area (Å²) in [6.45, 7) is 20.0. The number of aromatic amines is 1. The zero-order chi connectivity index (χ0) is 61.6. The van der Waals surface area contributed by atoms with E-state index in [2.05, 4.69) is 141 Å². The lowest BCUT2D eigenvalue weighted by Gasteiger charge is -2.41. The minimum Gasteiger partial charge on any atom is -0.390 e. The highest BCUT2D eigenvalue weighted by Gasteiger charge is 2.40. The summed E-state index contributed by atoms with van der Waals surface area (Å²) in [6.07, 6.45) is 16.6. The molecule has 0 radical (unpaired) electrons. The first-order chi connectivity index (χ1) is 41.2. The molecule has 2 saturated heterocycles. The second kappa shape index (κ2) is 26.4. The standard InChI is InChI=1S/C24H33N5O2S.C19H23BrN4OS.C15H17N5OS.C5H11NO.ClH/c1-23(2,3)28-20-12-17(26-15-13-24(4,30)14-15)22-16(27-20)11-19(32-22)18-8-9-25-29(18)21-7-5-6-10-31-21;1-19(2,3)23-16-10-12(20)18-13(22-16)11-15(26-18)14-7-8-21-24(14)17-6-4-5-9-25-17;1-15(21)6-8(7-15)18-11-5-13(16)19-10-4-12(22-14(10)11)9-2-3-17-20-9;1-5(7)2-4(6)3-5;/h8-9,11-12,15,21,30H,5-7,10,13-14H2,1-4H3,(H2,26,27,28);7-8,10-11,17H,4-6,9H2,1-3H3,(H,22,23);2-5,8,21H,6-7H2,1H3,(H,17,20)(H3,16,18,19);4,7H,2-3,6H2,1H3;1H. The number of hydrogen-bond donors (Lipinski definition) is 10. The number of nitrogens with zero attached hydrogens (tertiary/aromatic N) is 8. The summed E-state index contributed by atoms with van der Waals surface area (Å²) in [6, 6.07) is 19.2. The van der Waals surface area contributed by atoms with Crippen LogP contribution in [-0.2, 0) is 9.47 Å². The van der Waals surface area contributed by atoms with Crippen molar-refractivity contribution in [3.63, 3.8) is 0 Å². The van der Waals surface area contributed by atoms with E-state index < -0.39 is 16.8 Å². The van der Waals surface area contributed by atoms with Crippen LogP contribution in [0.5, 0.6) is 0 Å². The lowest BCUT2D eigenvalue weighted by atomic mass is 9.77. The number of pyridine rings is 3. The van der Waals surface area contributed by atoms with Crippen LogP contribution in [0.2, 0.25) is 0 Å². The fraction of sp³-hybridized carbons (Fsp3) is 0.524. The van der Waals surface area contributed by atoms with Gasteiger partial charge < -0.3 is 57.5 Å². The number of aromatic nitrogens is 9. The van der Waals surface area contributed by atoms with Crippen molar-refractivity contribution in [2.24, 2.45) is 5.73 Å². The number of thiophene rings is 3. The third-order valence-corrected chi connectivity index (χ3v) is 20.2. The molecular weight excluding hydrogens is 1260 g/mol. The van der Waals surface area contributed by atoms with Crippen LogP contribution in [0.15, 0.2) is 77.7 Å². The Balaban J connectivity index is 0.000000139. The summed E-state index contributed by atoms with van der Waals surface area (Å²) in [7, 11) is 0. The van der Waals surface area contributed by atoms with Gasteiger partial charge in [-0.1, -0.05) is 0 Å². The van der Waals surface area contributed by atoms with Crippen LogP contribution in [0.25, 0.3) is 62.4 Å². The van der Waals surface area contributed by atoms with Crippen LogP contribution >= 0.6 is 62.3 Å². The van der Waals surface area contributed by atoms with Crippen LogP contribution in [-0.4, -0.2) is 119 Å². The van der Waals surface area contributed by atoms with E-state index in [-0.39, 0.29) is 54.1 Å². The monoisotopic (exact) mass is 1340 g/mol. The predicted octanol–water partition coefficient (Wildman–Crippen LogP) is 14.1. The highest BCUT2D eigenvalue weighted by atomic mass is 79.9. The molecule has 3 saturated carbocycles. The lowest BCUT2D eigenvalue weighted by Crippen LogP contribution is -2.49. The van der Waals surface area contributed by atoms with Crippen molar-refractivity contribution in [3.05, 3.63) is 77.7 Å². The molecule has 14 rings (SSSR count). The zero-order valence-electron chi connectivity index (χ0n) is 51.6. The molecule has 2 atom stereocenters. The molecule has 2 aliphatic heterocycles. The predicted molar refractivity (Wildman–Crippen MR) is 365 cm³/mol. The average molecular weight is 1340 g/mol. The van der Waals surface area contributed by atoms with Crippen LogP contribution in [0.4, 0.5) is 28.8 Å². The summed E-state index contributed by atoms with van der Waals surface area (Å²) in [4.78, 5) is 17.5. The average Bonchev–Trinajstić information content (AvgIpc) is 3.77. The Kier molecular flexibility index (Phi) is 19.6. The Bertz CT molecular complexity index is 3790. The second-order valence-electron chi connectivity index (χ2n) is 27.0. The first-order valence-electron chi connectivity index (χ1n) is 30.3. The van der Waals surface area contributed by atoms with Crippen molar-refractivity contribution in [1.29, 1.82) is 0 Å². The molecule has 11 heterocycles. The van der Waals surface area contributed by atoms with Gasteiger partial charge in [0, 0.05) is 77.6 Å². The van der Waals surface area contributed by atoms with Gasteiger partial charge in [-0.25, -0.2) is 24.3 Å². The Morgan fingerprint density at radius 3 is 1.50 bits per heavy atom. The maximum atomic E-state index is 10.2. The van der Waals surface area contributed by atoms with E-state index in [0.29, 0.717) is 5.82 Å². The Morgan fingerprint density at radius 1 is 0.602 bits per heavy atom. The molecule has 0 aromatic carbocycles. The maximum absolute atomic E-state index is 10.2. The molecule has 5 fully saturated rings. The molecular formula is C63H85BrClN15O5S3. The number of nitrogens with one attached hydrogen (secondary N) is 5. The highest BCUT2D eigenvalue weighted by Crippen LogP contribution is 2.45. The van der Waals surface area contributed by atoms with Crippen molar-refractivity contribution < 1.29 is 24.8 Å². The fourth-order valence-electron chi connectivity index (χ4n) is 12.0. The first-order valence-corrected chi connectivity index (χ1v) is 33.5. The van der Waals surface area contributed by atoms with Gasteiger partial charge in [-0.3, -0.25) is 5.10 Å². The number of aliphatic hydroxyl groups is 3. The summed E-state index contributed by atoms with van der Waals surface area (Å²) in [5.74, 6) is 2.23. The Labute approximate surface area is 540 Å². The molecule has 9 aromatic heterocycles. The maximum Gasteiger partial charge on any atom is 0.150 e. The normalized spacial score (nSPS) is 25.1. The number of rotatable bonds is 11. The van der Waals surface area contributed by atoms with Crippen LogP contribution < -0.4 is 32.7 Å². The van der Waals surface area contributed by atoms with Gasteiger partial charge in [0.25, 0.3) is 0 Å². The molecule has 25 heteroatoms. The van der Waals surface area contributed by atoms with Crippen molar-refractivity contribution in [3.8, 4) is 31.7 Å². The van der Waals surface area contributed by atoms with Crippen molar-refractivity contribution in [2.45, 2.75) is 198 Å². The van der Waals surface area contributed by atoms with E-state index in [4.69, 9.17) is 36.0 Å². The van der Waals surface area contributed by atoms with Gasteiger partial charge in [-0.15, -0.1) is 46.4 Å². The van der Waals surface area contributed by atoms with Gasteiger partial charge >= 0.3 is 0 Å². The minimum atomic E-state index is -0.566. The van der Waals surface area contributed by atoms with Gasteiger partial charge in [0.15, 0.2) is 12.5 Å². The molecule has 0 bridgehead atoms. The van der Waals surface area contributed by atoms with E-state index in [1.807, 2.05) is 60.7 Å². The third kappa shape index (κ3) is 16.1. The van der Waals surface area contributed by atoms with E-state index in [0.717, 1.165) is 167 Å². The molecule has 12 N–H and O–H groups in total. The summed E-state index contributed by atoms with van der Waals surface area (Å²) < 4.78 is 20.4. The highest BCUT2D eigenvalue weighted by molar-refractivity contribution is 9.10. The van der Waals surface area contributed by atoms with E-state index >= 15 is 0 Å². The Morgan fingerprint density at radius 2 is 1.06 bits per heavy atom. The van der Waals surface area contributed by atoms with Gasteiger partial charge in [-0.2, -0.15) is 15.3 Å². The largest absolute Gasteiger partial charge is 0.390 e. The van der Waals surface area contributed by atoms with Gasteiger partial charge in [-0.05, 0) is 198 Å². The third-order valence-electron chi connectivity index (χ3n) is 15.8. The number of nitrogens with two attached hydrogens (primary N) is 2. The van der Waals surface area contributed by atoms with Crippen molar-refractivity contribution >= 4 is 122 Å². The molecule has 0 spiro atoms. The number of halogens is 2. The quantitative estimate of drug-likeness (QED) is 0.0576. The molecule has 88 heavy (non-hydrogen) atoms. The molecule has 2 unspecified atom stereocenters. The van der Waals surface area contributed by atoms with Gasteiger partial charge in [0.1, 0.15) is 17.5 Å². The van der Waals surface area contributed by atoms with E-state index in [1.165, 1.54) is 12.8 Å². The minimum absolute atomic E-state index is 0. The van der Waals surface area contributed by atoms with Crippen LogP contribution in [0, 0.1) is 0 Å². The van der Waals surface area contributed by atoms with Crippen LogP contribution in [0.1, 0.15) is 152 Å². The van der Waals surface area contributed by atoms with Crippen molar-refractivity contribution in [2.75, 3.05) is 40.2 Å². The summed E-state index contributed by atoms with van der Waals surface area (Å²) in [5.41, 5.74) is 17.7. The zero-order valence-corrected chi connectivity index (χ0v) is 56.5. The molecule has 9 aromatic rings. The van der Waals surface area contributed by atoms with E-state index in [1.54, 1.807) is 40.2 Å². The number of nitrogen functional groups attached to an aromatic ring is 1. The first kappa shape index (κ1) is 65.4. The van der Waals surface area contributed by atoms with E-state index in [9.17, 15) is 10.2 Å². The van der Waals surface area contributed by atoms with Gasteiger partial charge in [0.05, 0.1) is 90.5 Å². The summed E-state index contributed by atoms with van der Waals surface area (Å²) >= 11 is 8.83. The fourth-order valence-corrected chi connectivity index (χ4v) is 15.8. The molecule has 0 amide bonds. The molecule has 474 valence electrons. The molecule has 5 aliphatic rings. The van der Waals surface area contributed by atoms with Crippen molar-refractivity contribution in [1.82, 2.24) is 44.7 Å². The topological polar surface area (TPSA) is 282 Å². The lowest BCUT2D eigenvalue weighted by molar-refractivity contribution is -0.0384. The number of hydrogen-bond acceptors (Lipinski definition) is 20. The smallest absolute Gasteiger partial charge is 0.150 e. The molecule has 3 aliphatic carbocycles. The second-order valence-corrected chi connectivity index (χ2v) is 31.0. The molecule has 20 nitrogen and oxygen atoms in total. The Hall–Kier alpha value is -5.51. The van der Waals surface area contributed by atoms with Gasteiger partial charge in [0.2, 0.25) is 0 Å².